The summed E-state index contributed by atoms with van der Waals surface area (Å²) in [7, 11) is 0. The highest BCUT2D eigenvalue weighted by Gasteiger charge is 2.28. The van der Waals surface area contributed by atoms with Crippen LogP contribution in [0.5, 0.6) is 0 Å². The number of carbonyl (C=O) groups is 2. The average Bonchev–Trinajstić information content (AvgIpc) is 3.11. The Kier molecular flexibility index (Phi) is 5.95. The van der Waals surface area contributed by atoms with Crippen molar-refractivity contribution in [2.75, 3.05) is 13.1 Å². The Hall–Kier alpha value is -1.26. The number of urea groups is 1. The minimum absolute atomic E-state index is 0.232. The molecule has 1 rings (SSSR count). The van der Waals surface area contributed by atoms with Gasteiger partial charge >= 0.3 is 12.0 Å². The smallest absolute Gasteiger partial charge is 0.326 e. The van der Waals surface area contributed by atoms with E-state index in [-0.39, 0.29) is 6.03 Å². The van der Waals surface area contributed by atoms with Gasteiger partial charge in [0.05, 0.1) is 0 Å². The number of aliphatic carboxylic acids is 1. The minimum Gasteiger partial charge on any atom is -0.480 e. The molecule has 1 unspecified atom stereocenters. The lowest BCUT2D eigenvalue weighted by atomic mass is 10.2. The third kappa shape index (κ3) is 4.94. The highest BCUT2D eigenvalue weighted by atomic mass is 16.4. The predicted octanol–water partition coefficient (Wildman–Crippen LogP) is 2.07. The minimum atomic E-state index is -0.951. The molecule has 0 bridgehead atoms. The molecule has 1 fully saturated rings. The largest absolute Gasteiger partial charge is 0.480 e. The lowest BCUT2D eigenvalue weighted by molar-refractivity contribution is -0.139. The fraction of sp³-hybridized carbons (Fsp3) is 0.846. The molecule has 0 aromatic carbocycles. The summed E-state index contributed by atoms with van der Waals surface area (Å²) in [6.07, 6.45) is 4.49. The second-order valence-electron chi connectivity index (χ2n) is 5.02. The van der Waals surface area contributed by atoms with Crippen LogP contribution >= 0.6 is 0 Å². The van der Waals surface area contributed by atoms with Gasteiger partial charge in [0.15, 0.2) is 0 Å². The molecular weight excluding hydrogens is 232 g/mol. The molecule has 5 nitrogen and oxygen atoms in total. The zero-order valence-corrected chi connectivity index (χ0v) is 11.3. The van der Waals surface area contributed by atoms with Gasteiger partial charge in [-0.3, -0.25) is 0 Å². The van der Waals surface area contributed by atoms with Gasteiger partial charge in [0.1, 0.15) is 6.04 Å². The van der Waals surface area contributed by atoms with Gasteiger partial charge in [-0.1, -0.05) is 20.3 Å². The maximum absolute atomic E-state index is 12.0. The number of hydrogen-bond acceptors (Lipinski definition) is 2. The van der Waals surface area contributed by atoms with Crippen LogP contribution < -0.4 is 5.32 Å². The lowest BCUT2D eigenvalue weighted by Crippen LogP contribution is -2.48. The summed E-state index contributed by atoms with van der Waals surface area (Å²) < 4.78 is 0. The molecule has 0 saturated heterocycles. The highest BCUT2D eigenvalue weighted by Crippen LogP contribution is 2.29. The van der Waals surface area contributed by atoms with E-state index in [0.29, 0.717) is 18.9 Å². The molecule has 18 heavy (non-hydrogen) atoms. The summed E-state index contributed by atoms with van der Waals surface area (Å²) in [4.78, 5) is 24.8. The summed E-state index contributed by atoms with van der Waals surface area (Å²) >= 11 is 0. The quantitative estimate of drug-likeness (QED) is 0.698. The molecule has 2 N–H and O–H groups in total. The van der Waals surface area contributed by atoms with Crippen LogP contribution in [-0.4, -0.2) is 41.1 Å². The van der Waals surface area contributed by atoms with Crippen molar-refractivity contribution in [3.8, 4) is 0 Å². The third-order valence-corrected chi connectivity index (χ3v) is 3.13. The predicted molar refractivity (Wildman–Crippen MR) is 69.5 cm³/mol. The van der Waals surface area contributed by atoms with Gasteiger partial charge in [-0.25, -0.2) is 9.59 Å². The van der Waals surface area contributed by atoms with E-state index < -0.39 is 12.0 Å². The first-order chi connectivity index (χ1) is 8.58. The second kappa shape index (κ2) is 7.24. The molecule has 0 heterocycles. The number of nitrogens with zero attached hydrogens (tertiary/aromatic N) is 1. The molecule has 1 aliphatic carbocycles. The Balaban J connectivity index is 2.49. The molecule has 1 aliphatic rings. The van der Waals surface area contributed by atoms with Crippen LogP contribution in [-0.2, 0) is 4.79 Å². The van der Waals surface area contributed by atoms with Crippen molar-refractivity contribution in [2.45, 2.75) is 52.0 Å². The van der Waals surface area contributed by atoms with Crippen LogP contribution in [0, 0.1) is 5.92 Å². The molecule has 1 atom stereocenters. The van der Waals surface area contributed by atoms with Gasteiger partial charge in [-0.15, -0.1) is 0 Å². The van der Waals surface area contributed by atoms with E-state index in [1.165, 1.54) is 12.8 Å². The molecule has 0 aromatic rings. The van der Waals surface area contributed by atoms with Gasteiger partial charge in [0.25, 0.3) is 0 Å². The summed E-state index contributed by atoms with van der Waals surface area (Å²) in [6, 6.07) is -0.995. The first-order valence-electron chi connectivity index (χ1n) is 6.86. The molecule has 0 spiro atoms. The molecule has 0 radical (unpaired) electrons. The summed E-state index contributed by atoms with van der Waals surface area (Å²) in [5.41, 5.74) is 0. The van der Waals surface area contributed by atoms with E-state index in [4.69, 9.17) is 5.11 Å². The van der Waals surface area contributed by atoms with Crippen molar-refractivity contribution in [3.63, 3.8) is 0 Å². The highest BCUT2D eigenvalue weighted by molar-refractivity contribution is 5.82. The van der Waals surface area contributed by atoms with E-state index >= 15 is 0 Å². The number of carboxylic acid groups (broad SMARTS) is 1. The van der Waals surface area contributed by atoms with Crippen molar-refractivity contribution >= 4 is 12.0 Å². The van der Waals surface area contributed by atoms with Crippen molar-refractivity contribution in [2.24, 2.45) is 5.92 Å². The lowest BCUT2D eigenvalue weighted by Gasteiger charge is -2.24. The number of nitrogens with one attached hydrogen (secondary N) is 1. The Bertz CT molecular complexity index is 290. The SMILES string of the molecule is CCCC(NC(=O)N(CCC)CC1CC1)C(=O)O. The molecule has 0 aromatic heterocycles. The van der Waals surface area contributed by atoms with E-state index in [2.05, 4.69) is 5.32 Å². The number of amides is 2. The topological polar surface area (TPSA) is 69.6 Å². The summed E-state index contributed by atoms with van der Waals surface area (Å²) in [6.45, 7) is 5.39. The van der Waals surface area contributed by atoms with Crippen LogP contribution in [0.4, 0.5) is 4.79 Å². The summed E-state index contributed by atoms with van der Waals surface area (Å²) in [5, 5.41) is 11.6. The van der Waals surface area contributed by atoms with Crippen LogP contribution in [0.2, 0.25) is 0 Å². The first kappa shape index (κ1) is 14.8. The maximum Gasteiger partial charge on any atom is 0.326 e. The zero-order valence-electron chi connectivity index (χ0n) is 11.3. The van der Waals surface area contributed by atoms with Gasteiger partial charge in [0, 0.05) is 13.1 Å². The second-order valence-corrected chi connectivity index (χ2v) is 5.02. The third-order valence-electron chi connectivity index (χ3n) is 3.13. The van der Waals surface area contributed by atoms with E-state index in [9.17, 15) is 9.59 Å². The Morgan fingerprint density at radius 3 is 2.44 bits per heavy atom. The van der Waals surface area contributed by atoms with Gasteiger partial charge < -0.3 is 15.3 Å². The van der Waals surface area contributed by atoms with Crippen LogP contribution in [0.15, 0.2) is 0 Å². The molecule has 2 amide bonds. The molecule has 0 aliphatic heterocycles. The molecule has 5 heteroatoms. The van der Waals surface area contributed by atoms with Gasteiger partial charge in [-0.05, 0) is 31.6 Å². The van der Waals surface area contributed by atoms with E-state index in [1.54, 1.807) is 4.90 Å². The van der Waals surface area contributed by atoms with Crippen molar-refractivity contribution in [1.29, 1.82) is 0 Å². The monoisotopic (exact) mass is 256 g/mol. The standard InChI is InChI=1S/C13H24N2O3/c1-3-5-11(12(16)17)14-13(18)15(8-4-2)9-10-6-7-10/h10-11H,3-9H2,1-2H3,(H,14,18)(H,16,17). The maximum atomic E-state index is 12.0. The fourth-order valence-electron chi connectivity index (χ4n) is 1.94. The van der Waals surface area contributed by atoms with Gasteiger partial charge in [0.2, 0.25) is 0 Å². The normalized spacial score (nSPS) is 16.1. The fourth-order valence-corrected chi connectivity index (χ4v) is 1.94. The van der Waals surface area contributed by atoms with Crippen LogP contribution in [0.3, 0.4) is 0 Å². The summed E-state index contributed by atoms with van der Waals surface area (Å²) in [5.74, 6) is -0.329. The Morgan fingerprint density at radius 2 is 2.00 bits per heavy atom. The van der Waals surface area contributed by atoms with Crippen LogP contribution in [0.1, 0.15) is 46.0 Å². The van der Waals surface area contributed by atoms with Crippen molar-refractivity contribution < 1.29 is 14.7 Å². The van der Waals surface area contributed by atoms with Gasteiger partial charge in [-0.2, -0.15) is 0 Å². The molecular formula is C13H24N2O3. The van der Waals surface area contributed by atoms with Crippen molar-refractivity contribution in [3.05, 3.63) is 0 Å². The first-order valence-corrected chi connectivity index (χ1v) is 6.86. The zero-order chi connectivity index (χ0) is 13.5. The average molecular weight is 256 g/mol. The molecule has 1 saturated carbocycles. The number of carbonyl (C=O) groups excluding carboxylic acids is 1. The number of carboxylic acids is 1. The molecule has 104 valence electrons. The number of rotatable bonds is 8. The van der Waals surface area contributed by atoms with E-state index in [1.807, 2.05) is 13.8 Å². The van der Waals surface area contributed by atoms with E-state index in [0.717, 1.165) is 19.4 Å². The van der Waals surface area contributed by atoms with Crippen molar-refractivity contribution in [1.82, 2.24) is 10.2 Å². The van der Waals surface area contributed by atoms with Crippen LogP contribution in [0.25, 0.3) is 0 Å². The Morgan fingerprint density at radius 1 is 1.33 bits per heavy atom. The number of hydrogen-bond donors (Lipinski definition) is 2. The Labute approximate surface area is 109 Å².